The van der Waals surface area contributed by atoms with Crippen LogP contribution in [0.15, 0.2) is 6.33 Å². The van der Waals surface area contributed by atoms with Crippen LogP contribution in [-0.4, -0.2) is 38.8 Å². The third-order valence-electron chi connectivity index (χ3n) is 3.16. The van der Waals surface area contributed by atoms with Crippen molar-refractivity contribution in [3.05, 3.63) is 12.2 Å². The molecule has 0 radical (unpaired) electrons. The lowest BCUT2D eigenvalue weighted by Crippen LogP contribution is -2.42. The summed E-state index contributed by atoms with van der Waals surface area (Å²) in [7, 11) is 1.93. The third-order valence-corrected chi connectivity index (χ3v) is 3.16. The van der Waals surface area contributed by atoms with Crippen LogP contribution in [0, 0.1) is 0 Å². The van der Waals surface area contributed by atoms with E-state index in [1.54, 1.807) is 6.33 Å². The second kappa shape index (κ2) is 4.72. The number of aryl methyl sites for hydroxylation is 1. The van der Waals surface area contributed by atoms with Gasteiger partial charge in [-0.05, 0) is 12.8 Å². The maximum Gasteiger partial charge on any atom is 0.140 e. The lowest BCUT2D eigenvalue weighted by Gasteiger charge is -2.36. The third kappa shape index (κ3) is 2.35. The zero-order valence-electron chi connectivity index (χ0n) is 9.26. The van der Waals surface area contributed by atoms with Crippen LogP contribution < -0.4 is 5.73 Å². The predicted octanol–water partition coefficient (Wildman–Crippen LogP) is 0.128. The van der Waals surface area contributed by atoms with Gasteiger partial charge in [0.25, 0.3) is 0 Å². The van der Waals surface area contributed by atoms with Crippen molar-refractivity contribution in [1.82, 2.24) is 19.7 Å². The first-order valence-electron chi connectivity index (χ1n) is 5.58. The van der Waals surface area contributed by atoms with E-state index in [4.69, 9.17) is 5.73 Å². The van der Waals surface area contributed by atoms with Crippen molar-refractivity contribution in [2.24, 2.45) is 12.8 Å². The highest BCUT2D eigenvalue weighted by molar-refractivity contribution is 4.88. The highest BCUT2D eigenvalue weighted by Gasteiger charge is 2.25. The minimum Gasteiger partial charge on any atom is -0.329 e. The highest BCUT2D eigenvalue weighted by Crippen LogP contribution is 2.25. The van der Waals surface area contributed by atoms with Crippen LogP contribution >= 0.6 is 0 Å². The molecule has 0 bridgehead atoms. The summed E-state index contributed by atoms with van der Waals surface area (Å²) < 4.78 is 1.84. The molecule has 1 aromatic rings. The van der Waals surface area contributed by atoms with Gasteiger partial charge in [0, 0.05) is 26.2 Å². The van der Waals surface area contributed by atoms with Gasteiger partial charge in [0.05, 0.1) is 6.54 Å². The van der Waals surface area contributed by atoms with E-state index in [0.717, 1.165) is 18.9 Å². The summed E-state index contributed by atoms with van der Waals surface area (Å²) in [6, 6.07) is 0.713. The molecule has 0 spiro atoms. The molecule has 0 aromatic carbocycles. The van der Waals surface area contributed by atoms with Crippen molar-refractivity contribution in [3.8, 4) is 0 Å². The number of aromatic nitrogens is 3. The van der Waals surface area contributed by atoms with E-state index < -0.39 is 0 Å². The van der Waals surface area contributed by atoms with E-state index >= 15 is 0 Å². The second-order valence-corrected chi connectivity index (χ2v) is 4.14. The molecular formula is C10H19N5. The van der Waals surface area contributed by atoms with E-state index in [-0.39, 0.29) is 0 Å². The number of hydrogen-bond donors (Lipinski definition) is 1. The van der Waals surface area contributed by atoms with Crippen LogP contribution in [0.5, 0.6) is 0 Å². The van der Waals surface area contributed by atoms with Crippen molar-refractivity contribution in [2.75, 3.05) is 13.1 Å². The number of hydrogen-bond acceptors (Lipinski definition) is 4. The summed E-state index contributed by atoms with van der Waals surface area (Å²) in [5, 5.41) is 4.08. The predicted molar refractivity (Wildman–Crippen MR) is 58.1 cm³/mol. The molecule has 1 aliphatic carbocycles. The van der Waals surface area contributed by atoms with E-state index in [2.05, 4.69) is 15.0 Å². The van der Waals surface area contributed by atoms with E-state index in [1.165, 1.54) is 19.3 Å². The fraction of sp³-hybridized carbons (Fsp3) is 0.800. The standard InChI is InChI=1S/C10H19N5/c1-14-10(12-8-13-14)7-15(6-5-11)9-3-2-4-9/h8-9H,2-7,11H2,1H3. The zero-order valence-corrected chi connectivity index (χ0v) is 9.26. The molecule has 5 heteroatoms. The molecule has 84 valence electrons. The Balaban J connectivity index is 1.96. The monoisotopic (exact) mass is 209 g/mol. The van der Waals surface area contributed by atoms with Crippen molar-refractivity contribution < 1.29 is 0 Å². The molecule has 1 aliphatic rings. The van der Waals surface area contributed by atoms with Crippen LogP contribution in [0.1, 0.15) is 25.1 Å². The molecular weight excluding hydrogens is 190 g/mol. The molecule has 2 N–H and O–H groups in total. The van der Waals surface area contributed by atoms with Crippen LogP contribution in [-0.2, 0) is 13.6 Å². The lowest BCUT2D eigenvalue weighted by molar-refractivity contribution is 0.119. The Morgan fingerprint density at radius 3 is 2.87 bits per heavy atom. The molecule has 1 aromatic heterocycles. The number of nitrogens with two attached hydrogens (primary N) is 1. The molecule has 1 saturated carbocycles. The number of rotatable bonds is 5. The van der Waals surface area contributed by atoms with Crippen LogP contribution in [0.3, 0.4) is 0 Å². The number of nitrogens with zero attached hydrogens (tertiary/aromatic N) is 4. The van der Waals surface area contributed by atoms with Gasteiger partial charge in [0.15, 0.2) is 0 Å². The minimum atomic E-state index is 0.713. The van der Waals surface area contributed by atoms with E-state index in [1.807, 2.05) is 11.7 Å². The summed E-state index contributed by atoms with van der Waals surface area (Å²) in [5.41, 5.74) is 5.63. The van der Waals surface area contributed by atoms with Crippen molar-refractivity contribution in [3.63, 3.8) is 0 Å². The maximum absolute atomic E-state index is 5.63. The molecule has 1 fully saturated rings. The van der Waals surface area contributed by atoms with Gasteiger partial charge >= 0.3 is 0 Å². The first-order valence-corrected chi connectivity index (χ1v) is 5.58. The van der Waals surface area contributed by atoms with Gasteiger partial charge in [-0.1, -0.05) is 6.42 Å². The van der Waals surface area contributed by atoms with Gasteiger partial charge in [0.2, 0.25) is 0 Å². The molecule has 2 rings (SSSR count). The molecule has 1 heterocycles. The summed E-state index contributed by atoms with van der Waals surface area (Å²) in [4.78, 5) is 6.67. The SMILES string of the molecule is Cn1ncnc1CN(CCN)C1CCC1. The second-order valence-electron chi connectivity index (χ2n) is 4.14. The maximum atomic E-state index is 5.63. The minimum absolute atomic E-state index is 0.713. The van der Waals surface area contributed by atoms with Gasteiger partial charge < -0.3 is 5.73 Å². The lowest BCUT2D eigenvalue weighted by atomic mass is 9.91. The fourth-order valence-corrected chi connectivity index (χ4v) is 1.95. The molecule has 0 atom stereocenters. The molecule has 0 saturated heterocycles. The Kier molecular flexibility index (Phi) is 3.33. The van der Waals surface area contributed by atoms with Crippen molar-refractivity contribution in [2.45, 2.75) is 31.8 Å². The highest BCUT2D eigenvalue weighted by atomic mass is 15.3. The Labute approximate surface area is 90.3 Å². The first kappa shape index (κ1) is 10.6. The normalized spacial score (nSPS) is 17.0. The molecule has 0 aliphatic heterocycles. The Morgan fingerprint density at radius 2 is 2.40 bits per heavy atom. The average molecular weight is 209 g/mol. The zero-order chi connectivity index (χ0) is 10.7. The van der Waals surface area contributed by atoms with Crippen LogP contribution in [0.2, 0.25) is 0 Å². The quantitative estimate of drug-likeness (QED) is 0.748. The van der Waals surface area contributed by atoms with Crippen molar-refractivity contribution in [1.29, 1.82) is 0 Å². The Hall–Kier alpha value is -0.940. The molecule has 0 amide bonds. The summed E-state index contributed by atoms with van der Waals surface area (Å²) in [5.74, 6) is 1.02. The van der Waals surface area contributed by atoms with Gasteiger partial charge in [-0.2, -0.15) is 5.10 Å². The van der Waals surface area contributed by atoms with Gasteiger partial charge in [-0.25, -0.2) is 4.98 Å². The largest absolute Gasteiger partial charge is 0.329 e. The molecule has 0 unspecified atom stereocenters. The van der Waals surface area contributed by atoms with Gasteiger partial charge in [-0.3, -0.25) is 9.58 Å². The van der Waals surface area contributed by atoms with E-state index in [9.17, 15) is 0 Å². The fourth-order valence-electron chi connectivity index (χ4n) is 1.95. The smallest absolute Gasteiger partial charge is 0.140 e. The first-order chi connectivity index (χ1) is 7.31. The van der Waals surface area contributed by atoms with Crippen LogP contribution in [0.25, 0.3) is 0 Å². The Bertz CT molecular complexity index is 305. The molecule has 5 nitrogen and oxygen atoms in total. The molecule has 15 heavy (non-hydrogen) atoms. The van der Waals surface area contributed by atoms with Crippen molar-refractivity contribution >= 4 is 0 Å². The summed E-state index contributed by atoms with van der Waals surface area (Å²) in [6.07, 6.45) is 5.57. The van der Waals surface area contributed by atoms with E-state index in [0.29, 0.717) is 12.6 Å². The Morgan fingerprint density at radius 1 is 1.60 bits per heavy atom. The van der Waals surface area contributed by atoms with Gasteiger partial charge in [0.1, 0.15) is 12.2 Å². The van der Waals surface area contributed by atoms with Crippen LogP contribution in [0.4, 0.5) is 0 Å². The summed E-state index contributed by atoms with van der Waals surface area (Å²) >= 11 is 0. The average Bonchev–Trinajstić information content (AvgIpc) is 2.49. The topological polar surface area (TPSA) is 60.0 Å². The summed E-state index contributed by atoms with van der Waals surface area (Å²) in [6.45, 7) is 2.55. The van der Waals surface area contributed by atoms with Gasteiger partial charge in [-0.15, -0.1) is 0 Å².